The first-order chi connectivity index (χ1) is 6.26. The van der Waals surface area contributed by atoms with E-state index in [1.54, 1.807) is 7.11 Å². The van der Waals surface area contributed by atoms with Crippen LogP contribution >= 0.6 is 0 Å². The Kier molecular flexibility index (Phi) is 7.60. The zero-order valence-corrected chi connectivity index (χ0v) is 8.49. The smallest absolute Gasteiger partial charge is 0.0635 e. The molecule has 0 aromatic heterocycles. The van der Waals surface area contributed by atoms with E-state index in [0.29, 0.717) is 25.6 Å². The van der Waals surface area contributed by atoms with Crippen molar-refractivity contribution < 1.29 is 4.74 Å². The van der Waals surface area contributed by atoms with Crippen LogP contribution in [0.1, 0.15) is 13.3 Å². The highest BCUT2D eigenvalue weighted by Gasteiger charge is 2.10. The Morgan fingerprint density at radius 1 is 1.54 bits per heavy atom. The fourth-order valence-corrected chi connectivity index (χ4v) is 1.10. The van der Waals surface area contributed by atoms with Gasteiger partial charge in [0.2, 0.25) is 0 Å². The Hall–Kier alpha value is -0.630. The molecule has 13 heavy (non-hydrogen) atoms. The van der Waals surface area contributed by atoms with E-state index in [0.717, 1.165) is 13.1 Å². The molecule has 0 saturated carbocycles. The zero-order chi connectivity index (χ0) is 10.1. The zero-order valence-electron chi connectivity index (χ0n) is 8.49. The highest BCUT2D eigenvalue weighted by Crippen LogP contribution is 1.98. The van der Waals surface area contributed by atoms with E-state index in [2.05, 4.69) is 17.9 Å². The second-order valence-electron chi connectivity index (χ2n) is 3.02. The predicted octanol–water partition coefficient (Wildman–Crippen LogP) is 0.196. The fraction of sp³-hybridized carbons (Fsp3) is 0.889. The van der Waals surface area contributed by atoms with Crippen LogP contribution < -0.4 is 5.73 Å². The topological polar surface area (TPSA) is 62.3 Å². The summed E-state index contributed by atoms with van der Waals surface area (Å²) < 4.78 is 4.98. The van der Waals surface area contributed by atoms with E-state index < -0.39 is 0 Å². The van der Waals surface area contributed by atoms with Gasteiger partial charge in [0.15, 0.2) is 0 Å². The molecule has 0 bridgehead atoms. The van der Waals surface area contributed by atoms with Crippen molar-refractivity contribution >= 4 is 0 Å². The molecule has 0 rings (SSSR count). The highest BCUT2D eigenvalue weighted by molar-refractivity contribution is 4.75. The van der Waals surface area contributed by atoms with Crippen molar-refractivity contribution in [2.45, 2.75) is 19.4 Å². The van der Waals surface area contributed by atoms with Crippen molar-refractivity contribution in [2.24, 2.45) is 5.73 Å². The maximum Gasteiger partial charge on any atom is 0.0635 e. The van der Waals surface area contributed by atoms with Gasteiger partial charge in [0, 0.05) is 39.2 Å². The molecule has 0 aliphatic carbocycles. The number of hydrogen-bond donors (Lipinski definition) is 1. The summed E-state index contributed by atoms with van der Waals surface area (Å²) in [7, 11) is 1.68. The van der Waals surface area contributed by atoms with Gasteiger partial charge < -0.3 is 10.5 Å². The Morgan fingerprint density at radius 2 is 2.23 bits per heavy atom. The second kappa shape index (κ2) is 7.99. The molecule has 4 nitrogen and oxygen atoms in total. The molecule has 1 atom stereocenters. The van der Waals surface area contributed by atoms with Gasteiger partial charge in [-0.1, -0.05) is 0 Å². The number of nitrogens with zero attached hydrogens (tertiary/aromatic N) is 2. The van der Waals surface area contributed by atoms with E-state index in [9.17, 15) is 0 Å². The van der Waals surface area contributed by atoms with E-state index in [4.69, 9.17) is 15.7 Å². The largest absolute Gasteiger partial charge is 0.383 e. The summed E-state index contributed by atoms with van der Waals surface area (Å²) >= 11 is 0. The molecule has 76 valence electrons. The van der Waals surface area contributed by atoms with Gasteiger partial charge in [-0.2, -0.15) is 5.26 Å². The summed E-state index contributed by atoms with van der Waals surface area (Å²) in [5.74, 6) is 0. The van der Waals surface area contributed by atoms with Crippen molar-refractivity contribution in [2.75, 3.05) is 33.4 Å². The molecule has 1 unspecified atom stereocenters. The first-order valence-electron chi connectivity index (χ1n) is 4.56. The normalized spacial score (nSPS) is 12.8. The lowest BCUT2D eigenvalue weighted by molar-refractivity contribution is 0.128. The maximum absolute atomic E-state index is 8.46. The quantitative estimate of drug-likeness (QED) is 0.615. The lowest BCUT2D eigenvalue weighted by atomic mass is 10.2. The molecule has 0 radical (unpaired) electrons. The molecule has 0 aliphatic heterocycles. The van der Waals surface area contributed by atoms with Crippen molar-refractivity contribution in [1.82, 2.24) is 4.90 Å². The number of hydrogen-bond acceptors (Lipinski definition) is 4. The molecular formula is C9H19N3O. The van der Waals surface area contributed by atoms with Crippen molar-refractivity contribution in [1.29, 1.82) is 5.26 Å². The summed E-state index contributed by atoms with van der Waals surface area (Å²) in [6, 6.07) is 2.45. The molecule has 2 N–H and O–H groups in total. The molecule has 0 aliphatic rings. The number of ether oxygens (including phenoxy) is 1. The molecule has 0 spiro atoms. The molecular weight excluding hydrogens is 166 g/mol. The molecule has 0 heterocycles. The SMILES string of the molecule is COCCN(CCC#N)C(C)CN. The fourth-order valence-electron chi connectivity index (χ4n) is 1.10. The highest BCUT2D eigenvalue weighted by atomic mass is 16.5. The Labute approximate surface area is 80.3 Å². The Bertz CT molecular complexity index is 155. The second-order valence-corrected chi connectivity index (χ2v) is 3.02. The van der Waals surface area contributed by atoms with E-state index in [1.165, 1.54) is 0 Å². The van der Waals surface area contributed by atoms with Crippen molar-refractivity contribution in [3.8, 4) is 6.07 Å². The van der Waals surface area contributed by atoms with E-state index in [-0.39, 0.29) is 0 Å². The lowest BCUT2D eigenvalue weighted by Gasteiger charge is -2.26. The summed E-state index contributed by atoms with van der Waals surface area (Å²) in [6.07, 6.45) is 0.550. The van der Waals surface area contributed by atoms with Crippen LogP contribution in [0.4, 0.5) is 0 Å². The Balaban J connectivity index is 3.80. The summed E-state index contributed by atoms with van der Waals surface area (Å²) in [5.41, 5.74) is 5.55. The first kappa shape index (κ1) is 12.4. The third kappa shape index (κ3) is 5.58. The first-order valence-corrected chi connectivity index (χ1v) is 4.56. The molecule has 0 amide bonds. The van der Waals surface area contributed by atoms with Gasteiger partial charge in [-0.25, -0.2) is 0 Å². The van der Waals surface area contributed by atoms with Crippen LogP contribution in [0.5, 0.6) is 0 Å². The van der Waals surface area contributed by atoms with Gasteiger partial charge in [0.25, 0.3) is 0 Å². The van der Waals surface area contributed by atoms with Gasteiger partial charge in [-0.05, 0) is 6.92 Å². The van der Waals surface area contributed by atoms with Crippen LogP contribution in [0, 0.1) is 11.3 Å². The lowest BCUT2D eigenvalue weighted by Crippen LogP contribution is -2.40. The van der Waals surface area contributed by atoms with Gasteiger partial charge >= 0.3 is 0 Å². The monoisotopic (exact) mass is 185 g/mol. The van der Waals surface area contributed by atoms with Crippen molar-refractivity contribution in [3.05, 3.63) is 0 Å². The third-order valence-corrected chi connectivity index (χ3v) is 2.06. The Morgan fingerprint density at radius 3 is 2.69 bits per heavy atom. The van der Waals surface area contributed by atoms with E-state index >= 15 is 0 Å². The summed E-state index contributed by atoms with van der Waals surface area (Å²) in [6.45, 7) is 4.99. The minimum atomic E-state index is 0.323. The van der Waals surface area contributed by atoms with Crippen LogP contribution in [0.2, 0.25) is 0 Å². The molecule has 0 aromatic carbocycles. The van der Waals surface area contributed by atoms with Gasteiger partial charge in [0.1, 0.15) is 0 Å². The average molecular weight is 185 g/mol. The minimum Gasteiger partial charge on any atom is -0.383 e. The van der Waals surface area contributed by atoms with E-state index in [1.807, 2.05) is 0 Å². The van der Waals surface area contributed by atoms with Crippen molar-refractivity contribution in [3.63, 3.8) is 0 Å². The van der Waals surface area contributed by atoms with Crippen LogP contribution in [-0.2, 0) is 4.74 Å². The van der Waals surface area contributed by atoms with Crippen LogP contribution in [0.3, 0.4) is 0 Å². The molecule has 4 heteroatoms. The number of nitriles is 1. The molecule has 0 saturated heterocycles. The third-order valence-electron chi connectivity index (χ3n) is 2.06. The predicted molar refractivity (Wildman–Crippen MR) is 52.2 cm³/mol. The van der Waals surface area contributed by atoms with Crippen LogP contribution in [0.15, 0.2) is 0 Å². The number of methoxy groups -OCH3 is 1. The summed E-state index contributed by atoms with van der Waals surface area (Å²) in [5, 5.41) is 8.46. The molecule has 0 aromatic rings. The average Bonchev–Trinajstić information content (AvgIpc) is 2.17. The van der Waals surface area contributed by atoms with Gasteiger partial charge in [0.05, 0.1) is 12.7 Å². The minimum absolute atomic E-state index is 0.323. The van der Waals surface area contributed by atoms with Gasteiger partial charge in [-0.3, -0.25) is 4.90 Å². The number of nitrogens with two attached hydrogens (primary N) is 1. The maximum atomic E-state index is 8.46. The molecule has 0 fully saturated rings. The van der Waals surface area contributed by atoms with Crippen LogP contribution in [0.25, 0.3) is 0 Å². The standard InChI is InChI=1S/C9H19N3O/c1-9(8-11)12(5-3-4-10)6-7-13-2/h9H,3,5-8,11H2,1-2H3. The number of rotatable bonds is 7. The van der Waals surface area contributed by atoms with Gasteiger partial charge in [-0.15, -0.1) is 0 Å². The summed E-state index contributed by atoms with van der Waals surface area (Å²) in [4.78, 5) is 2.17. The van der Waals surface area contributed by atoms with Crippen LogP contribution in [-0.4, -0.2) is 44.3 Å².